The van der Waals surface area contributed by atoms with E-state index < -0.39 is 6.03 Å². The van der Waals surface area contributed by atoms with E-state index in [1.54, 1.807) is 11.8 Å². The fourth-order valence-corrected chi connectivity index (χ4v) is 4.09. The van der Waals surface area contributed by atoms with Crippen molar-refractivity contribution < 1.29 is 14.0 Å². The van der Waals surface area contributed by atoms with E-state index in [0.29, 0.717) is 5.92 Å². The van der Waals surface area contributed by atoms with Gasteiger partial charge in [0.15, 0.2) is 0 Å². The Morgan fingerprint density at radius 3 is 2.50 bits per heavy atom. The monoisotopic (exact) mass is 392 g/mol. The van der Waals surface area contributed by atoms with Crippen LogP contribution in [0.2, 0.25) is 0 Å². The molecule has 28 heavy (non-hydrogen) atoms. The molecule has 3 N–H and O–H groups in total. The summed E-state index contributed by atoms with van der Waals surface area (Å²) in [4.78, 5) is 27.2. The number of hydrogen-bond acceptors (Lipinski definition) is 3. The molecule has 3 amide bonds. The molecule has 0 aliphatic heterocycles. The summed E-state index contributed by atoms with van der Waals surface area (Å²) in [5, 5.41) is 2.89. The van der Waals surface area contributed by atoms with Crippen molar-refractivity contribution in [2.75, 3.05) is 27.2 Å². The summed E-state index contributed by atoms with van der Waals surface area (Å²) in [5.41, 5.74) is 6.52. The maximum Gasteiger partial charge on any atom is 0.312 e. The van der Waals surface area contributed by atoms with E-state index in [1.165, 1.54) is 12.1 Å². The van der Waals surface area contributed by atoms with Crippen LogP contribution < -0.4 is 11.1 Å². The number of hydrogen-bond donors (Lipinski definition) is 2. The molecule has 1 aliphatic rings. The third kappa shape index (κ3) is 6.78. The van der Waals surface area contributed by atoms with Gasteiger partial charge in [-0.3, -0.25) is 4.79 Å². The Morgan fingerprint density at radius 2 is 1.89 bits per heavy atom. The molecule has 0 unspecified atom stereocenters. The van der Waals surface area contributed by atoms with Gasteiger partial charge in [0.2, 0.25) is 5.91 Å². The molecule has 1 fully saturated rings. The van der Waals surface area contributed by atoms with E-state index in [-0.39, 0.29) is 23.8 Å². The lowest BCUT2D eigenvalue weighted by molar-refractivity contribution is -0.130. The van der Waals surface area contributed by atoms with E-state index in [2.05, 4.69) is 17.3 Å². The molecular weight excluding hydrogens is 359 g/mol. The number of nitrogens with zero attached hydrogens (tertiary/aromatic N) is 2. The van der Waals surface area contributed by atoms with E-state index in [1.807, 2.05) is 19.2 Å². The van der Waals surface area contributed by atoms with Gasteiger partial charge >= 0.3 is 6.03 Å². The average Bonchev–Trinajstić information content (AvgIpc) is 2.63. The number of rotatable bonds is 8. The summed E-state index contributed by atoms with van der Waals surface area (Å²) in [6, 6.07) is 6.24. The molecule has 3 atom stereocenters. The van der Waals surface area contributed by atoms with Gasteiger partial charge < -0.3 is 20.9 Å². The van der Waals surface area contributed by atoms with Crippen LogP contribution >= 0.6 is 0 Å². The zero-order valence-electron chi connectivity index (χ0n) is 17.2. The number of primary amides is 1. The van der Waals surface area contributed by atoms with Crippen molar-refractivity contribution in [2.45, 2.75) is 51.1 Å². The predicted octanol–water partition coefficient (Wildman–Crippen LogP) is 2.37. The molecule has 1 saturated carbocycles. The first-order valence-corrected chi connectivity index (χ1v) is 9.98. The minimum Gasteiger partial charge on any atom is -0.352 e. The van der Waals surface area contributed by atoms with Crippen LogP contribution in [0.25, 0.3) is 0 Å². The zero-order valence-corrected chi connectivity index (χ0v) is 17.2. The first kappa shape index (κ1) is 22.1. The number of amides is 3. The first-order chi connectivity index (χ1) is 13.3. The molecule has 1 aliphatic carbocycles. The lowest BCUT2D eigenvalue weighted by Crippen LogP contribution is -2.53. The Balaban J connectivity index is 1.84. The van der Waals surface area contributed by atoms with Gasteiger partial charge in [-0.05, 0) is 69.3 Å². The third-order valence-electron chi connectivity index (χ3n) is 5.80. The molecule has 156 valence electrons. The van der Waals surface area contributed by atoms with Crippen molar-refractivity contribution in [3.05, 3.63) is 35.6 Å². The number of benzene rings is 1. The second-order valence-electron chi connectivity index (χ2n) is 7.96. The number of carbonyl (C=O) groups is 2. The van der Waals surface area contributed by atoms with Gasteiger partial charge in [-0.2, -0.15) is 0 Å². The van der Waals surface area contributed by atoms with Gasteiger partial charge in [-0.1, -0.05) is 12.1 Å². The Kier molecular flexibility index (Phi) is 8.23. The fourth-order valence-electron chi connectivity index (χ4n) is 4.09. The molecule has 1 aromatic rings. The summed E-state index contributed by atoms with van der Waals surface area (Å²) >= 11 is 0. The topological polar surface area (TPSA) is 78.7 Å². The Labute approximate surface area is 167 Å². The van der Waals surface area contributed by atoms with Gasteiger partial charge in [0.05, 0.1) is 0 Å². The van der Waals surface area contributed by atoms with Gasteiger partial charge in [-0.15, -0.1) is 0 Å². The molecule has 0 spiro atoms. The predicted molar refractivity (Wildman–Crippen MR) is 108 cm³/mol. The van der Waals surface area contributed by atoms with E-state index in [9.17, 15) is 14.0 Å². The highest BCUT2D eigenvalue weighted by atomic mass is 19.1. The molecule has 1 aromatic carbocycles. The highest BCUT2D eigenvalue weighted by molar-refractivity contribution is 5.73. The quantitative estimate of drug-likeness (QED) is 0.713. The summed E-state index contributed by atoms with van der Waals surface area (Å²) in [6.45, 7) is 3.36. The Morgan fingerprint density at radius 1 is 1.21 bits per heavy atom. The van der Waals surface area contributed by atoms with Crippen LogP contribution in [0.5, 0.6) is 0 Å². The van der Waals surface area contributed by atoms with Crippen molar-refractivity contribution in [2.24, 2.45) is 11.7 Å². The molecule has 6 nitrogen and oxygen atoms in total. The van der Waals surface area contributed by atoms with Crippen LogP contribution in [0.15, 0.2) is 24.3 Å². The Bertz CT molecular complexity index is 652. The third-order valence-corrected chi connectivity index (χ3v) is 5.80. The summed E-state index contributed by atoms with van der Waals surface area (Å²) < 4.78 is 13.0. The highest BCUT2D eigenvalue weighted by Crippen LogP contribution is 2.28. The van der Waals surface area contributed by atoms with Crippen LogP contribution in [-0.2, 0) is 11.2 Å². The van der Waals surface area contributed by atoms with Crippen LogP contribution in [0.4, 0.5) is 9.18 Å². The van der Waals surface area contributed by atoms with Crippen LogP contribution in [0, 0.1) is 11.7 Å². The average molecular weight is 393 g/mol. The summed E-state index contributed by atoms with van der Waals surface area (Å²) in [7, 11) is 3.90. The standard InChI is InChI=1S/C21H33FN4O2/c1-15(27)26(3)19-11-8-17(20(13-19)24-21(23)28)14-25(2)12-4-5-16-6-9-18(22)10-7-16/h6-7,9-10,17,19-20H,4-5,8,11-14H2,1-3H3,(H3,23,24,28)/t17-,19+,20+/m0/s1. The number of aryl methyl sites for hydroxylation is 1. The van der Waals surface area contributed by atoms with Gasteiger partial charge in [-0.25, -0.2) is 9.18 Å². The first-order valence-electron chi connectivity index (χ1n) is 9.98. The van der Waals surface area contributed by atoms with Crippen molar-refractivity contribution >= 4 is 11.9 Å². The molecular formula is C21H33FN4O2. The molecule has 0 saturated heterocycles. The minimum atomic E-state index is -0.514. The summed E-state index contributed by atoms with van der Waals surface area (Å²) in [5.74, 6) is 0.138. The molecule has 0 bridgehead atoms. The van der Waals surface area contributed by atoms with Crippen molar-refractivity contribution in [3.63, 3.8) is 0 Å². The van der Waals surface area contributed by atoms with Crippen LogP contribution in [-0.4, -0.2) is 61.0 Å². The smallest absolute Gasteiger partial charge is 0.312 e. The second kappa shape index (κ2) is 10.4. The SMILES string of the molecule is CC(=O)N(C)[C@@H]1CC[C@@H](CN(C)CCCc2ccc(F)cc2)[C@H](NC(N)=O)C1. The molecule has 2 rings (SSSR count). The van der Waals surface area contributed by atoms with Gasteiger partial charge in [0.25, 0.3) is 0 Å². The van der Waals surface area contributed by atoms with Crippen molar-refractivity contribution in [3.8, 4) is 0 Å². The Hall–Kier alpha value is -2.15. The van der Waals surface area contributed by atoms with E-state index >= 15 is 0 Å². The van der Waals surface area contributed by atoms with Gasteiger partial charge in [0.1, 0.15) is 5.82 Å². The van der Waals surface area contributed by atoms with Crippen LogP contribution in [0.1, 0.15) is 38.2 Å². The second-order valence-corrected chi connectivity index (χ2v) is 7.96. The lowest BCUT2D eigenvalue weighted by atomic mass is 9.80. The van der Waals surface area contributed by atoms with E-state index in [4.69, 9.17) is 5.73 Å². The molecule has 7 heteroatoms. The maximum atomic E-state index is 13.0. The van der Waals surface area contributed by atoms with Crippen LogP contribution in [0.3, 0.4) is 0 Å². The number of urea groups is 1. The summed E-state index contributed by atoms with van der Waals surface area (Å²) in [6.07, 6.45) is 4.49. The zero-order chi connectivity index (χ0) is 20.7. The molecule has 0 aromatic heterocycles. The number of nitrogens with one attached hydrogen (secondary N) is 1. The number of nitrogens with two attached hydrogens (primary N) is 1. The molecule has 0 heterocycles. The fraction of sp³-hybridized carbons (Fsp3) is 0.619. The maximum absolute atomic E-state index is 13.0. The number of halogens is 1. The highest BCUT2D eigenvalue weighted by Gasteiger charge is 2.34. The van der Waals surface area contributed by atoms with Gasteiger partial charge in [0, 0.05) is 32.6 Å². The van der Waals surface area contributed by atoms with Crippen molar-refractivity contribution in [1.29, 1.82) is 0 Å². The van der Waals surface area contributed by atoms with E-state index in [0.717, 1.165) is 50.8 Å². The number of carbonyl (C=O) groups excluding carboxylic acids is 2. The largest absolute Gasteiger partial charge is 0.352 e. The minimum absolute atomic E-state index is 0.0300. The molecule has 0 radical (unpaired) electrons. The van der Waals surface area contributed by atoms with Crippen molar-refractivity contribution in [1.82, 2.24) is 15.1 Å². The lowest BCUT2D eigenvalue weighted by Gasteiger charge is -2.41. The normalized spacial score (nSPS) is 22.1.